The Bertz CT molecular complexity index is 622. The maximum atomic E-state index is 12.1. The molecule has 0 aliphatic carbocycles. The van der Waals surface area contributed by atoms with Gasteiger partial charge in [0.05, 0.1) is 19.1 Å². The smallest absolute Gasteiger partial charge is 0.252 e. The fourth-order valence-electron chi connectivity index (χ4n) is 1.88. The number of ether oxygens (including phenoxy) is 1. The number of nitrogens with one attached hydrogen (secondary N) is 1. The molecule has 2 aromatic carbocycles. The quantitative estimate of drug-likeness (QED) is 0.885. The number of aliphatic carboxylic acids is 1. The lowest BCUT2D eigenvalue weighted by atomic mass is 10.1. The number of hydrogen-bond donors (Lipinski definition) is 1. The van der Waals surface area contributed by atoms with Gasteiger partial charge in [0.1, 0.15) is 5.75 Å². The van der Waals surface area contributed by atoms with Crippen LogP contribution in [0.1, 0.15) is 22.0 Å². The van der Waals surface area contributed by atoms with E-state index in [0.717, 1.165) is 0 Å². The minimum absolute atomic E-state index is 0.345. The van der Waals surface area contributed by atoms with E-state index in [1.807, 2.05) is 0 Å². The van der Waals surface area contributed by atoms with Crippen molar-refractivity contribution in [2.24, 2.45) is 0 Å². The Balaban J connectivity index is 2.16. The molecule has 0 fully saturated rings. The Morgan fingerprint density at radius 3 is 2.19 bits per heavy atom. The monoisotopic (exact) mass is 284 g/mol. The van der Waals surface area contributed by atoms with E-state index in [1.54, 1.807) is 54.6 Å². The number of carbonyl (C=O) groups is 2. The van der Waals surface area contributed by atoms with Crippen LogP contribution in [0.2, 0.25) is 0 Å². The van der Waals surface area contributed by atoms with E-state index in [2.05, 4.69) is 5.32 Å². The van der Waals surface area contributed by atoms with Crippen LogP contribution in [-0.2, 0) is 4.79 Å². The highest BCUT2D eigenvalue weighted by Gasteiger charge is 2.16. The second kappa shape index (κ2) is 6.56. The number of hydrogen-bond acceptors (Lipinski definition) is 4. The minimum Gasteiger partial charge on any atom is -0.548 e. The van der Waals surface area contributed by atoms with E-state index >= 15 is 0 Å². The molecule has 5 nitrogen and oxygen atoms in total. The van der Waals surface area contributed by atoms with Crippen molar-refractivity contribution in [3.05, 3.63) is 65.7 Å². The number of carboxylic acid groups (broad SMARTS) is 1. The van der Waals surface area contributed by atoms with Crippen LogP contribution < -0.4 is 15.2 Å². The normalized spacial score (nSPS) is 11.5. The summed E-state index contributed by atoms with van der Waals surface area (Å²) in [6.45, 7) is 0. The molecule has 1 N–H and O–H groups in total. The highest BCUT2D eigenvalue weighted by molar-refractivity contribution is 5.96. The van der Waals surface area contributed by atoms with Crippen molar-refractivity contribution in [2.75, 3.05) is 7.11 Å². The van der Waals surface area contributed by atoms with Crippen molar-refractivity contribution in [2.45, 2.75) is 6.04 Å². The summed E-state index contributed by atoms with van der Waals surface area (Å²) in [6, 6.07) is 13.6. The molecule has 2 rings (SSSR count). The molecule has 0 spiro atoms. The van der Waals surface area contributed by atoms with Crippen LogP contribution in [0.25, 0.3) is 0 Å². The lowest BCUT2D eigenvalue weighted by Gasteiger charge is -2.20. The highest BCUT2D eigenvalue weighted by atomic mass is 16.5. The molecular weight excluding hydrogens is 270 g/mol. The number of amides is 1. The molecule has 0 saturated heterocycles. The SMILES string of the molecule is COc1ccc(C(=O)NC(C(=O)[O-])c2ccccc2)cc1. The van der Waals surface area contributed by atoms with E-state index < -0.39 is 17.9 Å². The number of carbonyl (C=O) groups excluding carboxylic acids is 2. The van der Waals surface area contributed by atoms with E-state index in [4.69, 9.17) is 4.74 Å². The van der Waals surface area contributed by atoms with Gasteiger partial charge in [-0.05, 0) is 29.8 Å². The van der Waals surface area contributed by atoms with E-state index in [-0.39, 0.29) is 0 Å². The van der Waals surface area contributed by atoms with Crippen molar-refractivity contribution in [3.8, 4) is 5.75 Å². The first-order valence-corrected chi connectivity index (χ1v) is 6.32. The van der Waals surface area contributed by atoms with Gasteiger partial charge in [0.25, 0.3) is 5.91 Å². The van der Waals surface area contributed by atoms with Crippen molar-refractivity contribution < 1.29 is 19.4 Å². The average molecular weight is 284 g/mol. The fraction of sp³-hybridized carbons (Fsp3) is 0.125. The van der Waals surface area contributed by atoms with Gasteiger partial charge in [-0.15, -0.1) is 0 Å². The van der Waals surface area contributed by atoms with Crippen LogP contribution in [0.4, 0.5) is 0 Å². The Kier molecular flexibility index (Phi) is 4.56. The summed E-state index contributed by atoms with van der Waals surface area (Å²) in [7, 11) is 1.52. The number of methoxy groups -OCH3 is 1. The van der Waals surface area contributed by atoms with Crippen molar-refractivity contribution in [1.82, 2.24) is 5.32 Å². The van der Waals surface area contributed by atoms with Gasteiger partial charge in [-0.3, -0.25) is 4.79 Å². The van der Waals surface area contributed by atoms with Gasteiger partial charge in [-0.2, -0.15) is 0 Å². The third-order valence-corrected chi connectivity index (χ3v) is 3.00. The van der Waals surface area contributed by atoms with Crippen LogP contribution in [0.15, 0.2) is 54.6 Å². The highest BCUT2D eigenvalue weighted by Crippen LogP contribution is 2.15. The maximum Gasteiger partial charge on any atom is 0.252 e. The van der Waals surface area contributed by atoms with Crippen LogP contribution in [0.5, 0.6) is 5.75 Å². The molecule has 0 saturated carbocycles. The number of benzene rings is 2. The Morgan fingerprint density at radius 2 is 1.67 bits per heavy atom. The molecule has 1 atom stereocenters. The standard InChI is InChI=1S/C16H15NO4/c1-21-13-9-7-12(8-10-13)15(18)17-14(16(19)20)11-5-3-2-4-6-11/h2-10,14H,1H3,(H,17,18)(H,19,20)/p-1. The van der Waals surface area contributed by atoms with Gasteiger partial charge in [0.2, 0.25) is 0 Å². The summed E-state index contributed by atoms with van der Waals surface area (Å²) >= 11 is 0. The molecule has 1 amide bonds. The van der Waals surface area contributed by atoms with Crippen molar-refractivity contribution >= 4 is 11.9 Å². The molecule has 0 aromatic heterocycles. The van der Waals surface area contributed by atoms with Gasteiger partial charge >= 0.3 is 0 Å². The first-order valence-electron chi connectivity index (χ1n) is 6.32. The number of carboxylic acids is 1. The van der Waals surface area contributed by atoms with E-state index in [0.29, 0.717) is 16.9 Å². The summed E-state index contributed by atoms with van der Waals surface area (Å²) < 4.78 is 5.00. The van der Waals surface area contributed by atoms with Crippen LogP contribution >= 0.6 is 0 Å². The summed E-state index contributed by atoms with van der Waals surface area (Å²) in [5.41, 5.74) is 0.803. The Hall–Kier alpha value is -2.82. The lowest BCUT2D eigenvalue weighted by Crippen LogP contribution is -2.41. The average Bonchev–Trinajstić information content (AvgIpc) is 2.53. The number of rotatable bonds is 5. The molecule has 0 radical (unpaired) electrons. The van der Waals surface area contributed by atoms with Gasteiger partial charge in [-0.1, -0.05) is 30.3 Å². The molecular formula is C16H14NO4-. The molecule has 108 valence electrons. The van der Waals surface area contributed by atoms with Gasteiger partial charge in [-0.25, -0.2) is 0 Å². The summed E-state index contributed by atoms with van der Waals surface area (Å²) in [6.07, 6.45) is 0. The Labute approximate surface area is 122 Å². The summed E-state index contributed by atoms with van der Waals surface area (Å²) in [5, 5.41) is 13.7. The second-order valence-corrected chi connectivity index (χ2v) is 4.36. The predicted octanol–water partition coefficient (Wildman–Crippen LogP) is 0.916. The first kappa shape index (κ1) is 14.6. The van der Waals surface area contributed by atoms with Gasteiger partial charge in [0, 0.05) is 5.56 Å². The zero-order valence-corrected chi connectivity index (χ0v) is 11.4. The predicted molar refractivity (Wildman–Crippen MR) is 74.7 cm³/mol. The summed E-state index contributed by atoms with van der Waals surface area (Å²) in [5.74, 6) is -1.23. The van der Waals surface area contributed by atoms with Gasteiger partial charge in [0.15, 0.2) is 0 Å². The van der Waals surface area contributed by atoms with Crippen LogP contribution in [0.3, 0.4) is 0 Å². The third kappa shape index (κ3) is 3.60. The molecule has 21 heavy (non-hydrogen) atoms. The van der Waals surface area contributed by atoms with Crippen LogP contribution in [-0.4, -0.2) is 19.0 Å². The van der Waals surface area contributed by atoms with Crippen molar-refractivity contribution in [1.29, 1.82) is 0 Å². The molecule has 0 bridgehead atoms. The molecule has 0 aliphatic heterocycles. The zero-order chi connectivity index (χ0) is 15.2. The van der Waals surface area contributed by atoms with E-state index in [1.165, 1.54) is 7.11 Å². The van der Waals surface area contributed by atoms with E-state index in [9.17, 15) is 14.7 Å². The topological polar surface area (TPSA) is 78.5 Å². The summed E-state index contributed by atoms with van der Waals surface area (Å²) in [4.78, 5) is 23.3. The second-order valence-electron chi connectivity index (χ2n) is 4.36. The maximum absolute atomic E-state index is 12.1. The minimum atomic E-state index is -1.36. The molecule has 5 heteroatoms. The largest absolute Gasteiger partial charge is 0.548 e. The molecule has 2 aromatic rings. The lowest BCUT2D eigenvalue weighted by molar-refractivity contribution is -0.308. The van der Waals surface area contributed by atoms with Crippen molar-refractivity contribution in [3.63, 3.8) is 0 Å². The fourth-order valence-corrected chi connectivity index (χ4v) is 1.88. The molecule has 0 aliphatic rings. The van der Waals surface area contributed by atoms with Crippen LogP contribution in [0, 0.1) is 0 Å². The zero-order valence-electron chi connectivity index (χ0n) is 11.4. The first-order chi connectivity index (χ1) is 10.1. The Morgan fingerprint density at radius 1 is 1.05 bits per heavy atom. The molecule has 0 heterocycles. The molecule has 1 unspecified atom stereocenters. The third-order valence-electron chi connectivity index (χ3n) is 3.00. The van der Waals surface area contributed by atoms with Gasteiger partial charge < -0.3 is 20.0 Å².